The van der Waals surface area contributed by atoms with Crippen molar-refractivity contribution in [3.05, 3.63) is 61.9 Å². The number of anilines is 1. The third-order valence-electron chi connectivity index (χ3n) is 2.96. The summed E-state index contributed by atoms with van der Waals surface area (Å²) in [6.07, 6.45) is 1.32. The summed E-state index contributed by atoms with van der Waals surface area (Å²) in [5.41, 5.74) is 1.06. The standard InChI is InChI=1S/C14H10BrN3O2S/c1-8-7-21-14-16-6-11(13(20)18(8)14)12(19)17-10-4-2-9(15)3-5-10/h2-7H,1H3,(H,17,19). The lowest BCUT2D eigenvalue weighted by Gasteiger charge is -2.05. The molecule has 2 aromatic heterocycles. The largest absolute Gasteiger partial charge is 0.322 e. The van der Waals surface area contributed by atoms with Crippen LogP contribution >= 0.6 is 27.3 Å². The van der Waals surface area contributed by atoms with Crippen molar-refractivity contribution in [2.24, 2.45) is 0 Å². The van der Waals surface area contributed by atoms with Gasteiger partial charge in [-0.1, -0.05) is 15.9 Å². The maximum atomic E-state index is 12.4. The number of nitrogens with one attached hydrogen (secondary N) is 1. The summed E-state index contributed by atoms with van der Waals surface area (Å²) in [5, 5.41) is 4.53. The van der Waals surface area contributed by atoms with Crippen LogP contribution in [-0.4, -0.2) is 15.3 Å². The Morgan fingerprint density at radius 2 is 2.05 bits per heavy atom. The van der Waals surface area contributed by atoms with Crippen molar-refractivity contribution >= 4 is 43.8 Å². The van der Waals surface area contributed by atoms with E-state index < -0.39 is 5.91 Å². The second-order valence-corrected chi connectivity index (χ2v) is 6.19. The molecule has 7 heteroatoms. The summed E-state index contributed by atoms with van der Waals surface area (Å²) in [6.45, 7) is 1.81. The van der Waals surface area contributed by atoms with Crippen LogP contribution in [0.15, 0.2) is 45.1 Å². The Bertz CT molecular complexity index is 883. The first-order valence-corrected chi connectivity index (χ1v) is 7.76. The predicted octanol–water partition coefficient (Wildman–Crippen LogP) is 3.08. The van der Waals surface area contributed by atoms with Crippen molar-refractivity contribution in [3.63, 3.8) is 0 Å². The summed E-state index contributed by atoms with van der Waals surface area (Å²) in [4.78, 5) is 29.3. The van der Waals surface area contributed by atoms with Gasteiger partial charge in [0.1, 0.15) is 5.56 Å². The van der Waals surface area contributed by atoms with Gasteiger partial charge in [-0.2, -0.15) is 0 Å². The highest BCUT2D eigenvalue weighted by molar-refractivity contribution is 9.10. The van der Waals surface area contributed by atoms with Crippen LogP contribution in [-0.2, 0) is 0 Å². The molecule has 21 heavy (non-hydrogen) atoms. The molecule has 0 aliphatic carbocycles. The molecule has 1 aromatic carbocycles. The Balaban J connectivity index is 1.98. The van der Waals surface area contributed by atoms with Crippen molar-refractivity contribution in [2.45, 2.75) is 6.92 Å². The number of hydrogen-bond donors (Lipinski definition) is 1. The Morgan fingerprint density at radius 1 is 1.33 bits per heavy atom. The van der Waals surface area contributed by atoms with Crippen LogP contribution in [0.2, 0.25) is 0 Å². The first-order chi connectivity index (χ1) is 10.1. The molecule has 0 aliphatic heterocycles. The maximum Gasteiger partial charge on any atom is 0.271 e. The molecule has 0 aliphatic rings. The molecular weight excluding hydrogens is 354 g/mol. The first-order valence-electron chi connectivity index (χ1n) is 6.09. The predicted molar refractivity (Wildman–Crippen MR) is 86.2 cm³/mol. The molecule has 5 nitrogen and oxygen atoms in total. The quantitative estimate of drug-likeness (QED) is 0.760. The molecule has 0 atom stereocenters. The number of carbonyl (C=O) groups is 1. The summed E-state index contributed by atoms with van der Waals surface area (Å²) in [6, 6.07) is 7.13. The molecular formula is C14H10BrN3O2S. The Labute approximate surface area is 132 Å². The molecule has 0 unspecified atom stereocenters. The van der Waals surface area contributed by atoms with E-state index in [0.717, 1.165) is 10.2 Å². The van der Waals surface area contributed by atoms with E-state index in [1.807, 2.05) is 24.4 Å². The highest BCUT2D eigenvalue weighted by atomic mass is 79.9. The monoisotopic (exact) mass is 363 g/mol. The number of amides is 1. The zero-order valence-electron chi connectivity index (χ0n) is 11.0. The first kappa shape index (κ1) is 14.0. The van der Waals surface area contributed by atoms with Crippen molar-refractivity contribution in [1.29, 1.82) is 0 Å². The second kappa shape index (κ2) is 5.42. The van der Waals surface area contributed by atoms with E-state index in [-0.39, 0.29) is 11.1 Å². The number of nitrogens with zero attached hydrogens (tertiary/aromatic N) is 2. The van der Waals surface area contributed by atoms with Crippen molar-refractivity contribution in [3.8, 4) is 0 Å². The van der Waals surface area contributed by atoms with Crippen LogP contribution < -0.4 is 10.9 Å². The smallest absolute Gasteiger partial charge is 0.271 e. The summed E-state index contributed by atoms with van der Waals surface area (Å²) in [5.74, 6) is -0.463. The summed E-state index contributed by atoms with van der Waals surface area (Å²) in [7, 11) is 0. The third kappa shape index (κ3) is 2.62. The normalized spacial score (nSPS) is 10.8. The molecule has 0 fully saturated rings. The lowest BCUT2D eigenvalue weighted by Crippen LogP contribution is -2.26. The lowest BCUT2D eigenvalue weighted by atomic mass is 10.2. The van der Waals surface area contributed by atoms with E-state index in [4.69, 9.17) is 0 Å². The van der Waals surface area contributed by atoms with E-state index in [1.54, 1.807) is 12.1 Å². The summed E-state index contributed by atoms with van der Waals surface area (Å²) < 4.78 is 2.36. The highest BCUT2D eigenvalue weighted by Crippen LogP contribution is 2.15. The van der Waals surface area contributed by atoms with E-state index >= 15 is 0 Å². The van der Waals surface area contributed by atoms with Crippen LogP contribution in [0.25, 0.3) is 4.96 Å². The number of rotatable bonds is 2. The van der Waals surface area contributed by atoms with Gasteiger partial charge in [0.25, 0.3) is 11.5 Å². The number of fused-ring (bicyclic) bond motifs is 1. The topological polar surface area (TPSA) is 63.5 Å². The number of halogens is 1. The molecule has 0 saturated carbocycles. The van der Waals surface area contributed by atoms with Crippen molar-refractivity contribution in [2.75, 3.05) is 5.32 Å². The molecule has 0 bridgehead atoms. The van der Waals surface area contributed by atoms with E-state index in [1.165, 1.54) is 21.9 Å². The average molecular weight is 364 g/mol. The van der Waals surface area contributed by atoms with Gasteiger partial charge in [0.05, 0.1) is 0 Å². The fourth-order valence-electron chi connectivity index (χ4n) is 1.91. The van der Waals surface area contributed by atoms with E-state index in [9.17, 15) is 9.59 Å². The minimum absolute atomic E-state index is 0.0249. The van der Waals surface area contributed by atoms with Gasteiger partial charge >= 0.3 is 0 Å². The fraction of sp³-hybridized carbons (Fsp3) is 0.0714. The molecule has 1 amide bonds. The average Bonchev–Trinajstić information content (AvgIpc) is 2.84. The van der Waals surface area contributed by atoms with Gasteiger partial charge < -0.3 is 5.32 Å². The fourth-order valence-corrected chi connectivity index (χ4v) is 3.00. The Morgan fingerprint density at radius 3 is 2.76 bits per heavy atom. The zero-order chi connectivity index (χ0) is 15.0. The molecule has 106 valence electrons. The van der Waals surface area contributed by atoms with Crippen LogP contribution in [0.3, 0.4) is 0 Å². The van der Waals surface area contributed by atoms with E-state index in [0.29, 0.717) is 10.6 Å². The van der Waals surface area contributed by atoms with Crippen LogP contribution in [0, 0.1) is 6.92 Å². The Kier molecular flexibility index (Phi) is 3.60. The van der Waals surface area contributed by atoms with Gasteiger partial charge in [-0.05, 0) is 31.2 Å². The van der Waals surface area contributed by atoms with Gasteiger partial charge in [0.2, 0.25) is 0 Å². The number of aromatic nitrogens is 2. The highest BCUT2D eigenvalue weighted by Gasteiger charge is 2.15. The number of carbonyl (C=O) groups excluding carboxylic acids is 1. The zero-order valence-corrected chi connectivity index (χ0v) is 13.4. The maximum absolute atomic E-state index is 12.4. The molecule has 3 rings (SSSR count). The van der Waals surface area contributed by atoms with Crippen molar-refractivity contribution in [1.82, 2.24) is 9.38 Å². The molecule has 0 radical (unpaired) electrons. The van der Waals surface area contributed by atoms with Gasteiger partial charge in [0.15, 0.2) is 4.96 Å². The second-order valence-electron chi connectivity index (χ2n) is 4.43. The van der Waals surface area contributed by atoms with Gasteiger partial charge in [-0.25, -0.2) is 4.98 Å². The number of hydrogen-bond acceptors (Lipinski definition) is 4. The van der Waals surface area contributed by atoms with Gasteiger partial charge in [-0.15, -0.1) is 11.3 Å². The number of thiazole rings is 1. The molecule has 3 aromatic rings. The Hall–Kier alpha value is -1.99. The van der Waals surface area contributed by atoms with Gasteiger partial charge in [0, 0.05) is 27.4 Å². The summed E-state index contributed by atoms with van der Waals surface area (Å²) >= 11 is 4.69. The van der Waals surface area contributed by atoms with Crippen LogP contribution in [0.4, 0.5) is 5.69 Å². The minimum Gasteiger partial charge on any atom is -0.322 e. The van der Waals surface area contributed by atoms with Crippen LogP contribution in [0.1, 0.15) is 16.1 Å². The molecule has 1 N–H and O–H groups in total. The minimum atomic E-state index is -0.463. The van der Waals surface area contributed by atoms with Gasteiger partial charge in [-0.3, -0.25) is 14.0 Å². The lowest BCUT2D eigenvalue weighted by molar-refractivity contribution is 0.102. The van der Waals surface area contributed by atoms with Crippen LogP contribution in [0.5, 0.6) is 0 Å². The number of aryl methyl sites for hydroxylation is 1. The molecule has 0 spiro atoms. The van der Waals surface area contributed by atoms with E-state index in [2.05, 4.69) is 26.2 Å². The number of benzene rings is 1. The molecule has 2 heterocycles. The molecule has 0 saturated heterocycles. The van der Waals surface area contributed by atoms with Crippen molar-refractivity contribution < 1.29 is 4.79 Å². The third-order valence-corrected chi connectivity index (χ3v) is 4.45. The SMILES string of the molecule is Cc1csc2ncc(C(=O)Nc3ccc(Br)cc3)c(=O)n12.